The number of rotatable bonds is 6. The van der Waals surface area contributed by atoms with Gasteiger partial charge in [-0.25, -0.2) is 4.98 Å². The number of aromatic nitrogens is 4. The molecule has 0 radical (unpaired) electrons. The summed E-state index contributed by atoms with van der Waals surface area (Å²) < 4.78 is 7.04. The molecule has 7 nitrogen and oxygen atoms in total. The summed E-state index contributed by atoms with van der Waals surface area (Å²) in [5.74, 6) is 1.74. The number of amides is 1. The molecule has 0 aliphatic heterocycles. The van der Waals surface area contributed by atoms with Gasteiger partial charge in [0.05, 0.1) is 12.9 Å². The van der Waals surface area contributed by atoms with Crippen LogP contribution >= 0.6 is 0 Å². The lowest BCUT2D eigenvalue weighted by atomic mass is 9.85. The van der Waals surface area contributed by atoms with Crippen LogP contribution in [0.1, 0.15) is 43.8 Å². The Bertz CT molecular complexity index is 588. The van der Waals surface area contributed by atoms with E-state index in [-0.39, 0.29) is 12.5 Å². The lowest BCUT2D eigenvalue weighted by Gasteiger charge is -2.21. The fourth-order valence-electron chi connectivity index (χ4n) is 2.34. The molecular weight excluding hydrogens is 270 g/mol. The molecule has 7 heteroatoms. The maximum Gasteiger partial charge on any atom is 0.242 e. The molecule has 0 unspecified atom stereocenters. The molecule has 1 aliphatic rings. The zero-order chi connectivity index (χ0) is 14.7. The molecule has 0 atom stereocenters. The minimum Gasteiger partial charge on any atom is -0.339 e. The zero-order valence-corrected chi connectivity index (χ0v) is 12.1. The highest BCUT2D eigenvalue weighted by Crippen LogP contribution is 2.35. The highest BCUT2D eigenvalue weighted by atomic mass is 16.5. The Hall–Kier alpha value is -2.18. The van der Waals surface area contributed by atoms with Crippen LogP contribution < -0.4 is 0 Å². The van der Waals surface area contributed by atoms with Gasteiger partial charge >= 0.3 is 0 Å². The molecule has 1 fully saturated rings. The predicted octanol–water partition coefficient (Wildman–Crippen LogP) is 1.58. The van der Waals surface area contributed by atoms with E-state index in [4.69, 9.17) is 4.52 Å². The quantitative estimate of drug-likeness (QED) is 0.807. The van der Waals surface area contributed by atoms with Crippen molar-refractivity contribution in [2.24, 2.45) is 0 Å². The molecule has 112 valence electrons. The number of carbonyl (C=O) groups is 1. The monoisotopic (exact) mass is 289 g/mol. The second kappa shape index (κ2) is 6.07. The van der Waals surface area contributed by atoms with Gasteiger partial charge < -0.3 is 14.0 Å². The number of nitrogens with zero attached hydrogens (tertiary/aromatic N) is 5. The van der Waals surface area contributed by atoms with Gasteiger partial charge in [-0.15, -0.1) is 0 Å². The highest BCUT2D eigenvalue weighted by Gasteiger charge is 2.26. The van der Waals surface area contributed by atoms with E-state index >= 15 is 0 Å². The van der Waals surface area contributed by atoms with E-state index in [1.807, 2.05) is 6.92 Å². The van der Waals surface area contributed by atoms with Crippen LogP contribution in [0.2, 0.25) is 0 Å². The molecule has 0 N–H and O–H groups in total. The summed E-state index contributed by atoms with van der Waals surface area (Å²) in [6, 6.07) is 0. The molecule has 1 aliphatic carbocycles. The van der Waals surface area contributed by atoms with Crippen molar-refractivity contribution in [2.75, 3.05) is 6.54 Å². The topological polar surface area (TPSA) is 77.0 Å². The molecule has 1 amide bonds. The van der Waals surface area contributed by atoms with E-state index in [9.17, 15) is 4.79 Å². The standard InChI is InChI=1S/C14H19N5O2/c1-2-19(13(20)9-18-7-6-15-10-18)8-12-16-14(21-17-12)11-4-3-5-11/h6-7,10-11H,2-5,8-9H2,1H3. The highest BCUT2D eigenvalue weighted by molar-refractivity contribution is 5.75. The first-order chi connectivity index (χ1) is 10.3. The van der Waals surface area contributed by atoms with E-state index in [0.29, 0.717) is 24.8 Å². The summed E-state index contributed by atoms with van der Waals surface area (Å²) in [5.41, 5.74) is 0. The minimum absolute atomic E-state index is 0.0190. The largest absolute Gasteiger partial charge is 0.339 e. The summed E-state index contributed by atoms with van der Waals surface area (Å²) in [6.07, 6.45) is 8.54. The second-order valence-electron chi connectivity index (χ2n) is 5.32. The fraction of sp³-hybridized carbons (Fsp3) is 0.571. The molecule has 3 rings (SSSR count). The number of imidazole rings is 1. The molecule has 0 bridgehead atoms. The molecule has 2 aromatic heterocycles. The van der Waals surface area contributed by atoms with E-state index in [2.05, 4.69) is 15.1 Å². The molecule has 1 saturated carbocycles. The number of carbonyl (C=O) groups excluding carboxylic acids is 1. The van der Waals surface area contributed by atoms with Gasteiger partial charge in [0.25, 0.3) is 0 Å². The maximum absolute atomic E-state index is 12.2. The van der Waals surface area contributed by atoms with Crippen molar-refractivity contribution >= 4 is 5.91 Å². The smallest absolute Gasteiger partial charge is 0.242 e. The first kappa shape index (κ1) is 13.8. The summed E-state index contributed by atoms with van der Waals surface area (Å²) >= 11 is 0. The van der Waals surface area contributed by atoms with Crippen LogP contribution in [0.5, 0.6) is 0 Å². The van der Waals surface area contributed by atoms with Crippen molar-refractivity contribution in [3.05, 3.63) is 30.4 Å². The molecule has 0 spiro atoms. The molecule has 2 aromatic rings. The molecule has 21 heavy (non-hydrogen) atoms. The van der Waals surface area contributed by atoms with E-state index < -0.39 is 0 Å². The van der Waals surface area contributed by atoms with Crippen LogP contribution in [0.3, 0.4) is 0 Å². The molecule has 0 saturated heterocycles. The average Bonchev–Trinajstić information content (AvgIpc) is 3.06. The fourth-order valence-corrected chi connectivity index (χ4v) is 2.34. The van der Waals surface area contributed by atoms with Gasteiger partial charge in [0, 0.05) is 24.9 Å². The van der Waals surface area contributed by atoms with E-state index in [0.717, 1.165) is 18.7 Å². The third-order valence-electron chi connectivity index (χ3n) is 3.88. The van der Waals surface area contributed by atoms with Gasteiger partial charge in [0.2, 0.25) is 11.8 Å². The molecule has 2 heterocycles. The van der Waals surface area contributed by atoms with Gasteiger partial charge in [0.15, 0.2) is 5.82 Å². The Morgan fingerprint density at radius 3 is 3.00 bits per heavy atom. The third kappa shape index (κ3) is 3.12. The van der Waals surface area contributed by atoms with Gasteiger partial charge in [0.1, 0.15) is 6.54 Å². The van der Waals surface area contributed by atoms with E-state index in [1.54, 1.807) is 28.2 Å². The lowest BCUT2D eigenvalue weighted by Crippen LogP contribution is -2.33. The first-order valence-electron chi connectivity index (χ1n) is 7.32. The first-order valence-corrected chi connectivity index (χ1v) is 7.32. The van der Waals surface area contributed by atoms with Gasteiger partial charge in [-0.3, -0.25) is 4.79 Å². The van der Waals surface area contributed by atoms with Crippen LogP contribution in [0.25, 0.3) is 0 Å². The van der Waals surface area contributed by atoms with Crippen LogP contribution in [0.15, 0.2) is 23.2 Å². The summed E-state index contributed by atoms with van der Waals surface area (Å²) in [6.45, 7) is 3.22. The van der Waals surface area contributed by atoms with Crippen LogP contribution in [-0.4, -0.2) is 37.0 Å². The van der Waals surface area contributed by atoms with Crippen molar-refractivity contribution < 1.29 is 9.32 Å². The Morgan fingerprint density at radius 2 is 2.38 bits per heavy atom. The minimum atomic E-state index is 0.0190. The molecule has 0 aromatic carbocycles. The van der Waals surface area contributed by atoms with Crippen molar-refractivity contribution in [1.29, 1.82) is 0 Å². The molecular formula is C14H19N5O2. The summed E-state index contributed by atoms with van der Waals surface area (Å²) in [4.78, 5) is 22.3. The summed E-state index contributed by atoms with van der Waals surface area (Å²) in [7, 11) is 0. The number of hydrogen-bond acceptors (Lipinski definition) is 5. The van der Waals surface area contributed by atoms with Crippen molar-refractivity contribution in [2.45, 2.75) is 45.2 Å². The maximum atomic E-state index is 12.2. The van der Waals surface area contributed by atoms with Crippen LogP contribution in [0, 0.1) is 0 Å². The van der Waals surface area contributed by atoms with Crippen LogP contribution in [0.4, 0.5) is 0 Å². The normalized spacial score (nSPS) is 14.9. The zero-order valence-electron chi connectivity index (χ0n) is 12.1. The Labute approximate surface area is 123 Å². The SMILES string of the molecule is CCN(Cc1noc(C2CCC2)n1)C(=O)Cn1ccnc1. The van der Waals surface area contributed by atoms with Crippen molar-refractivity contribution in [1.82, 2.24) is 24.6 Å². The third-order valence-corrected chi connectivity index (χ3v) is 3.88. The Balaban J connectivity index is 1.60. The lowest BCUT2D eigenvalue weighted by molar-refractivity contribution is -0.132. The number of likely N-dealkylation sites (N-methyl/N-ethyl adjacent to an activating group) is 1. The summed E-state index contributed by atoms with van der Waals surface area (Å²) in [5, 5.41) is 3.99. The van der Waals surface area contributed by atoms with Crippen molar-refractivity contribution in [3.8, 4) is 0 Å². The van der Waals surface area contributed by atoms with Crippen molar-refractivity contribution in [3.63, 3.8) is 0 Å². The average molecular weight is 289 g/mol. The van der Waals surface area contributed by atoms with E-state index in [1.165, 1.54) is 6.42 Å². The second-order valence-corrected chi connectivity index (χ2v) is 5.32. The Morgan fingerprint density at radius 1 is 1.52 bits per heavy atom. The Kier molecular flexibility index (Phi) is 3.98. The predicted molar refractivity (Wildman–Crippen MR) is 74.2 cm³/mol. The van der Waals surface area contributed by atoms with Gasteiger partial charge in [-0.2, -0.15) is 4.98 Å². The van der Waals surface area contributed by atoms with Crippen LogP contribution in [-0.2, 0) is 17.9 Å². The van der Waals surface area contributed by atoms with Gasteiger partial charge in [-0.1, -0.05) is 11.6 Å². The van der Waals surface area contributed by atoms with Gasteiger partial charge in [-0.05, 0) is 19.8 Å². The number of hydrogen-bond donors (Lipinski definition) is 0.